The fraction of sp³-hybridized carbons (Fsp3) is 0.600. The fourth-order valence-corrected chi connectivity index (χ4v) is 2.17. The van der Waals surface area contributed by atoms with E-state index >= 15 is 0 Å². The molecule has 1 aliphatic heterocycles. The Bertz CT molecular complexity index is 598. The summed E-state index contributed by atoms with van der Waals surface area (Å²) < 4.78 is 19.0. The van der Waals surface area contributed by atoms with Gasteiger partial charge in [-0.25, -0.2) is 9.18 Å². The van der Waals surface area contributed by atoms with E-state index < -0.39 is 42.2 Å². The number of aromatic nitrogens is 2. The Hall–Kier alpha value is -1.13. The normalized spacial score (nSPS) is 34.7. The van der Waals surface area contributed by atoms with Gasteiger partial charge in [0, 0.05) is 0 Å². The molecule has 2 rings (SSSR count). The molecule has 7 nitrogen and oxygen atoms in total. The highest BCUT2D eigenvalue weighted by Crippen LogP contribution is 2.37. The molecule has 19 heavy (non-hydrogen) atoms. The number of ether oxygens (including phenoxy) is 1. The van der Waals surface area contributed by atoms with Gasteiger partial charge in [0.15, 0.2) is 12.0 Å². The molecule has 0 aromatic carbocycles. The average molecular weight is 292 g/mol. The van der Waals surface area contributed by atoms with E-state index in [0.29, 0.717) is 0 Å². The minimum Gasteiger partial charge on any atom is -0.394 e. The summed E-state index contributed by atoms with van der Waals surface area (Å²) in [6, 6.07) is 0. The largest absolute Gasteiger partial charge is 0.394 e. The maximum atomic E-state index is 13.4. The maximum absolute atomic E-state index is 13.4. The first kappa shape index (κ1) is 14.3. The molecule has 1 aliphatic rings. The quantitative estimate of drug-likeness (QED) is 0.523. The lowest BCUT2D eigenvalue weighted by Crippen LogP contribution is -2.46. The van der Waals surface area contributed by atoms with E-state index in [9.17, 15) is 19.4 Å². The number of hydrogen-bond donors (Lipinski definition) is 4. The molecule has 4 atom stereocenters. The zero-order valence-electron chi connectivity index (χ0n) is 9.91. The van der Waals surface area contributed by atoms with E-state index in [-0.39, 0.29) is 4.64 Å². The van der Waals surface area contributed by atoms with Gasteiger partial charge in [0.05, 0.1) is 12.8 Å². The lowest BCUT2D eigenvalue weighted by molar-refractivity contribution is -0.0990. The number of nitrogens with zero attached hydrogens (tertiary/aromatic N) is 1. The van der Waals surface area contributed by atoms with Gasteiger partial charge in [-0.1, -0.05) is 12.2 Å². The second-order valence-corrected chi connectivity index (χ2v) is 4.93. The zero-order chi connectivity index (χ0) is 14.4. The zero-order valence-corrected chi connectivity index (χ0v) is 10.7. The van der Waals surface area contributed by atoms with Crippen molar-refractivity contribution in [1.29, 1.82) is 0 Å². The summed E-state index contributed by atoms with van der Waals surface area (Å²) in [7, 11) is 0. The third kappa shape index (κ3) is 2.23. The summed E-state index contributed by atoms with van der Waals surface area (Å²) in [6.45, 7) is 0.678. The van der Waals surface area contributed by atoms with Crippen LogP contribution in [0.2, 0.25) is 0 Å². The van der Waals surface area contributed by atoms with Crippen molar-refractivity contribution in [2.75, 3.05) is 6.61 Å². The Balaban J connectivity index is 2.51. The van der Waals surface area contributed by atoms with Gasteiger partial charge in [-0.15, -0.1) is 0 Å². The smallest absolute Gasteiger partial charge is 0.328 e. The summed E-state index contributed by atoms with van der Waals surface area (Å²) in [4.78, 5) is 13.8. The molecule has 0 aliphatic carbocycles. The topological polar surface area (TPSA) is 108 Å². The van der Waals surface area contributed by atoms with Gasteiger partial charge in [-0.3, -0.25) is 9.55 Å². The van der Waals surface area contributed by atoms with Gasteiger partial charge in [0.2, 0.25) is 0 Å². The summed E-state index contributed by atoms with van der Waals surface area (Å²) in [5.41, 5.74) is -2.65. The Labute approximate surface area is 111 Å². The molecule has 4 N–H and O–H groups in total. The molecule has 2 heterocycles. The second-order valence-electron chi connectivity index (χ2n) is 4.52. The number of rotatable bonds is 2. The van der Waals surface area contributed by atoms with E-state index in [4.69, 9.17) is 9.84 Å². The third-order valence-electron chi connectivity index (χ3n) is 3.11. The molecule has 1 aromatic rings. The molecule has 1 fully saturated rings. The molecule has 106 valence electrons. The number of hydrogen-bond acceptors (Lipinski definition) is 6. The lowest BCUT2D eigenvalue weighted by atomic mass is 9.96. The maximum Gasteiger partial charge on any atom is 0.328 e. The van der Waals surface area contributed by atoms with Gasteiger partial charge in [-0.05, 0) is 6.92 Å². The van der Waals surface area contributed by atoms with Crippen molar-refractivity contribution in [3.8, 4) is 0 Å². The minimum absolute atomic E-state index is 0.363. The van der Waals surface area contributed by atoms with Gasteiger partial charge in [0.25, 0.3) is 0 Å². The summed E-state index contributed by atoms with van der Waals surface area (Å²) in [5.74, 6) is -0.865. The number of aliphatic hydroxyl groups excluding tert-OH is 2. The molecule has 0 saturated carbocycles. The van der Waals surface area contributed by atoms with E-state index in [1.54, 1.807) is 0 Å². The van der Waals surface area contributed by atoms with Crippen molar-refractivity contribution in [2.45, 2.75) is 31.0 Å². The van der Waals surface area contributed by atoms with Gasteiger partial charge in [0.1, 0.15) is 22.4 Å². The molecule has 1 aromatic heterocycles. The van der Waals surface area contributed by atoms with Crippen LogP contribution in [0.1, 0.15) is 13.2 Å². The van der Waals surface area contributed by atoms with Crippen LogP contribution < -0.4 is 5.69 Å². The predicted molar refractivity (Wildman–Crippen MR) is 63.5 cm³/mol. The van der Waals surface area contributed by atoms with E-state index in [0.717, 1.165) is 10.8 Å². The van der Waals surface area contributed by atoms with Crippen LogP contribution in [0.5, 0.6) is 0 Å². The first-order valence-corrected chi connectivity index (χ1v) is 5.87. The number of nitrogens with one attached hydrogen (secondary N) is 1. The van der Waals surface area contributed by atoms with Gasteiger partial charge < -0.3 is 20.1 Å². The lowest BCUT2D eigenvalue weighted by Gasteiger charge is -2.27. The first-order valence-electron chi connectivity index (χ1n) is 5.46. The van der Waals surface area contributed by atoms with Gasteiger partial charge >= 0.3 is 5.69 Å². The second kappa shape index (κ2) is 4.76. The van der Waals surface area contributed by atoms with Crippen molar-refractivity contribution in [3.63, 3.8) is 0 Å². The Kier molecular flexibility index (Phi) is 3.58. The van der Waals surface area contributed by atoms with Crippen molar-refractivity contribution in [2.24, 2.45) is 0 Å². The van der Waals surface area contributed by atoms with Crippen molar-refractivity contribution in [3.05, 3.63) is 27.1 Å². The Morgan fingerprint density at radius 1 is 1.68 bits per heavy atom. The molecular formula is C10H13FN2O5S. The summed E-state index contributed by atoms with van der Waals surface area (Å²) >= 11 is 4.56. The Morgan fingerprint density at radius 3 is 2.84 bits per heavy atom. The number of H-pyrrole nitrogens is 1. The Morgan fingerprint density at radius 2 is 2.32 bits per heavy atom. The average Bonchev–Trinajstić information content (AvgIpc) is 2.56. The van der Waals surface area contributed by atoms with Crippen LogP contribution in [0.15, 0.2) is 11.0 Å². The molecular weight excluding hydrogens is 279 g/mol. The van der Waals surface area contributed by atoms with Crippen molar-refractivity contribution >= 4 is 12.2 Å². The first-order chi connectivity index (χ1) is 8.78. The van der Waals surface area contributed by atoms with Crippen molar-refractivity contribution < 1.29 is 24.4 Å². The highest BCUT2D eigenvalue weighted by Gasteiger charge is 2.53. The SMILES string of the molecule is CC1(O)[C@@H](O)[C@@H](CO)O[C@H]1n1cc(F)c(=S)[nH]c1=O. The van der Waals surface area contributed by atoms with Crippen LogP contribution in [-0.2, 0) is 4.74 Å². The monoisotopic (exact) mass is 292 g/mol. The summed E-state index contributed by atoms with van der Waals surface area (Å²) in [6.07, 6.45) is -3.04. The highest BCUT2D eigenvalue weighted by molar-refractivity contribution is 7.71. The van der Waals surface area contributed by atoms with Crippen LogP contribution in [0.3, 0.4) is 0 Å². The molecule has 1 saturated heterocycles. The van der Waals surface area contributed by atoms with Crippen LogP contribution in [-0.4, -0.2) is 49.3 Å². The van der Waals surface area contributed by atoms with E-state index in [1.807, 2.05) is 0 Å². The minimum atomic E-state index is -1.86. The molecule has 9 heteroatoms. The molecule has 0 spiro atoms. The van der Waals surface area contributed by atoms with Crippen LogP contribution >= 0.6 is 12.2 Å². The predicted octanol–water partition coefficient (Wildman–Crippen LogP) is -0.953. The van der Waals surface area contributed by atoms with Gasteiger partial charge in [-0.2, -0.15) is 0 Å². The van der Waals surface area contributed by atoms with Crippen molar-refractivity contribution in [1.82, 2.24) is 9.55 Å². The van der Waals surface area contributed by atoms with E-state index in [1.165, 1.54) is 6.92 Å². The summed E-state index contributed by atoms with van der Waals surface area (Å²) in [5, 5.41) is 29.0. The third-order valence-corrected chi connectivity index (χ3v) is 3.41. The molecule has 0 radical (unpaired) electrons. The molecule has 0 bridgehead atoms. The highest BCUT2D eigenvalue weighted by atomic mass is 32.1. The molecule has 1 unspecified atom stereocenters. The molecule has 0 amide bonds. The fourth-order valence-electron chi connectivity index (χ4n) is 2.03. The number of aromatic amines is 1. The van der Waals surface area contributed by atoms with E-state index in [2.05, 4.69) is 17.2 Å². The number of halogens is 1. The number of aliphatic hydroxyl groups is 3. The van der Waals surface area contributed by atoms with Crippen LogP contribution in [0.25, 0.3) is 0 Å². The van der Waals surface area contributed by atoms with Crippen LogP contribution in [0, 0.1) is 10.5 Å². The standard InChI is InChI=1S/C10H13FN2O5S/c1-10(17)6(15)5(3-14)18-8(10)13-2-4(11)7(19)12-9(13)16/h2,5-6,8,14-15,17H,3H2,1H3,(H,12,16,19)/t5-,6+,8-,10?/m1/s1. The van der Waals surface area contributed by atoms with Crippen LogP contribution in [0.4, 0.5) is 4.39 Å².